The lowest BCUT2D eigenvalue weighted by atomic mass is 10.0. The van der Waals surface area contributed by atoms with Crippen LogP contribution in [-0.4, -0.2) is 23.6 Å². The molecule has 2 aromatic rings. The summed E-state index contributed by atoms with van der Waals surface area (Å²) >= 11 is 0. The van der Waals surface area contributed by atoms with Crippen molar-refractivity contribution in [3.8, 4) is 0 Å². The van der Waals surface area contributed by atoms with E-state index in [9.17, 15) is 14.3 Å². The number of primary amides is 1. The van der Waals surface area contributed by atoms with Crippen LogP contribution in [0.25, 0.3) is 0 Å². The Bertz CT molecular complexity index is 673. The summed E-state index contributed by atoms with van der Waals surface area (Å²) < 4.78 is 13.6. The highest BCUT2D eigenvalue weighted by Crippen LogP contribution is 2.16. The lowest BCUT2D eigenvalue weighted by Crippen LogP contribution is -2.31. The standard InChI is InChI=1S/C19H23FN2O2/c1-13(6-7-14-8-10-15(11-9-14)19(21)24)22-12-18(23)16-4-2-3-5-17(16)20/h2-5,8-11,13,18,22-23H,6-7,12H2,1H3,(H2,21,24)/t13-,18-/m1/s1. The maximum Gasteiger partial charge on any atom is 0.248 e. The van der Waals surface area contributed by atoms with Crippen molar-refractivity contribution in [2.45, 2.75) is 31.9 Å². The minimum atomic E-state index is -0.872. The average molecular weight is 330 g/mol. The van der Waals surface area contributed by atoms with Gasteiger partial charge in [-0.3, -0.25) is 4.79 Å². The van der Waals surface area contributed by atoms with Gasteiger partial charge in [-0.1, -0.05) is 30.3 Å². The molecule has 0 unspecified atom stereocenters. The Morgan fingerprint density at radius 1 is 1.21 bits per heavy atom. The zero-order valence-electron chi connectivity index (χ0n) is 13.7. The minimum absolute atomic E-state index is 0.169. The van der Waals surface area contributed by atoms with Crippen LogP contribution < -0.4 is 11.1 Å². The molecular weight excluding hydrogens is 307 g/mol. The zero-order chi connectivity index (χ0) is 17.5. The molecular formula is C19H23FN2O2. The monoisotopic (exact) mass is 330 g/mol. The molecule has 4 nitrogen and oxygen atoms in total. The molecule has 0 radical (unpaired) electrons. The van der Waals surface area contributed by atoms with Gasteiger partial charge in [0, 0.05) is 23.7 Å². The summed E-state index contributed by atoms with van der Waals surface area (Å²) in [6.45, 7) is 2.31. The van der Waals surface area contributed by atoms with Crippen molar-refractivity contribution in [3.63, 3.8) is 0 Å². The van der Waals surface area contributed by atoms with Crippen molar-refractivity contribution in [1.29, 1.82) is 0 Å². The normalized spacial score (nSPS) is 13.5. The summed E-state index contributed by atoms with van der Waals surface area (Å²) in [7, 11) is 0. The maximum absolute atomic E-state index is 13.6. The van der Waals surface area contributed by atoms with Crippen LogP contribution in [0.1, 0.15) is 40.9 Å². The first-order valence-electron chi connectivity index (χ1n) is 8.02. The summed E-state index contributed by atoms with van der Waals surface area (Å²) in [6, 6.07) is 13.6. The SMILES string of the molecule is C[C@H](CCc1ccc(C(N)=O)cc1)NC[C@@H](O)c1ccccc1F. The summed E-state index contributed by atoms with van der Waals surface area (Å²) in [5.41, 5.74) is 7.13. The van der Waals surface area contributed by atoms with Crippen LogP contribution in [0.5, 0.6) is 0 Å². The van der Waals surface area contributed by atoms with Gasteiger partial charge in [-0.05, 0) is 43.5 Å². The van der Waals surface area contributed by atoms with Gasteiger partial charge in [0.15, 0.2) is 0 Å². The van der Waals surface area contributed by atoms with Gasteiger partial charge in [0.25, 0.3) is 0 Å². The van der Waals surface area contributed by atoms with Gasteiger partial charge in [-0.2, -0.15) is 0 Å². The second-order valence-electron chi connectivity index (χ2n) is 5.95. The van der Waals surface area contributed by atoms with E-state index in [1.54, 1.807) is 30.3 Å². The fourth-order valence-corrected chi connectivity index (χ4v) is 2.49. The highest BCUT2D eigenvalue weighted by atomic mass is 19.1. The maximum atomic E-state index is 13.6. The summed E-state index contributed by atoms with van der Waals surface area (Å²) in [5.74, 6) is -0.826. The number of carbonyl (C=O) groups is 1. The van der Waals surface area contributed by atoms with Gasteiger partial charge < -0.3 is 16.2 Å². The van der Waals surface area contributed by atoms with Crippen LogP contribution in [-0.2, 0) is 6.42 Å². The van der Waals surface area contributed by atoms with Crippen molar-refractivity contribution in [1.82, 2.24) is 5.32 Å². The van der Waals surface area contributed by atoms with E-state index in [1.165, 1.54) is 6.07 Å². The molecule has 4 N–H and O–H groups in total. The summed E-state index contributed by atoms with van der Waals surface area (Å²) in [5, 5.41) is 13.3. The average Bonchev–Trinajstić information content (AvgIpc) is 2.58. The van der Waals surface area contributed by atoms with Crippen molar-refractivity contribution in [2.24, 2.45) is 5.73 Å². The van der Waals surface area contributed by atoms with E-state index in [0.717, 1.165) is 18.4 Å². The van der Waals surface area contributed by atoms with E-state index in [-0.39, 0.29) is 6.04 Å². The molecule has 1 amide bonds. The van der Waals surface area contributed by atoms with Gasteiger partial charge in [0.05, 0.1) is 6.10 Å². The number of amides is 1. The van der Waals surface area contributed by atoms with Crippen LogP contribution in [0.15, 0.2) is 48.5 Å². The van der Waals surface area contributed by atoms with E-state index < -0.39 is 17.8 Å². The first-order chi connectivity index (χ1) is 11.5. The molecule has 0 aliphatic rings. The van der Waals surface area contributed by atoms with Gasteiger partial charge in [0.2, 0.25) is 5.91 Å². The first-order valence-corrected chi connectivity index (χ1v) is 8.02. The van der Waals surface area contributed by atoms with Crippen molar-refractivity contribution in [3.05, 3.63) is 71.0 Å². The van der Waals surface area contributed by atoms with Crippen LogP contribution in [0.3, 0.4) is 0 Å². The Morgan fingerprint density at radius 3 is 2.50 bits per heavy atom. The molecule has 0 spiro atoms. The second-order valence-corrected chi connectivity index (χ2v) is 5.95. The molecule has 5 heteroatoms. The van der Waals surface area contributed by atoms with Crippen LogP contribution >= 0.6 is 0 Å². The number of carbonyl (C=O) groups excluding carboxylic acids is 1. The van der Waals surface area contributed by atoms with E-state index >= 15 is 0 Å². The molecule has 0 saturated carbocycles. The Hall–Kier alpha value is -2.24. The highest BCUT2D eigenvalue weighted by molar-refractivity contribution is 5.92. The number of benzene rings is 2. The number of aryl methyl sites for hydroxylation is 1. The zero-order valence-corrected chi connectivity index (χ0v) is 13.7. The first kappa shape index (κ1) is 18.1. The Labute approximate surface area is 141 Å². The summed E-state index contributed by atoms with van der Waals surface area (Å²) in [4.78, 5) is 11.0. The number of rotatable bonds is 8. The number of nitrogens with two attached hydrogens (primary N) is 1. The molecule has 0 saturated heterocycles. The minimum Gasteiger partial charge on any atom is -0.387 e. The largest absolute Gasteiger partial charge is 0.387 e. The van der Waals surface area contributed by atoms with Gasteiger partial charge >= 0.3 is 0 Å². The molecule has 0 aliphatic carbocycles. The predicted molar refractivity (Wildman–Crippen MR) is 92.1 cm³/mol. The van der Waals surface area contributed by atoms with Crippen molar-refractivity contribution >= 4 is 5.91 Å². The fourth-order valence-electron chi connectivity index (χ4n) is 2.49. The molecule has 0 aliphatic heterocycles. The molecule has 128 valence electrons. The molecule has 0 heterocycles. The van der Waals surface area contributed by atoms with Crippen LogP contribution in [0.4, 0.5) is 4.39 Å². The number of aliphatic hydroxyl groups is 1. The topological polar surface area (TPSA) is 75.4 Å². The van der Waals surface area contributed by atoms with Gasteiger partial charge in [-0.15, -0.1) is 0 Å². The second kappa shape index (κ2) is 8.57. The predicted octanol–water partition coefficient (Wildman–Crippen LogP) is 2.57. The number of nitrogens with one attached hydrogen (secondary N) is 1. The lowest BCUT2D eigenvalue weighted by molar-refractivity contribution is 0.1000. The fraction of sp³-hybridized carbons (Fsp3) is 0.316. The van der Waals surface area contributed by atoms with E-state index in [0.29, 0.717) is 17.7 Å². The third kappa shape index (κ3) is 5.15. The van der Waals surface area contributed by atoms with Crippen LogP contribution in [0.2, 0.25) is 0 Å². The molecule has 2 atom stereocenters. The smallest absolute Gasteiger partial charge is 0.248 e. The Balaban J connectivity index is 1.78. The Morgan fingerprint density at radius 2 is 1.88 bits per heavy atom. The van der Waals surface area contributed by atoms with Gasteiger partial charge in [0.1, 0.15) is 5.82 Å². The van der Waals surface area contributed by atoms with Crippen LogP contribution in [0, 0.1) is 5.82 Å². The molecule has 2 rings (SSSR count). The Kier molecular flexibility index (Phi) is 6.46. The molecule has 2 aromatic carbocycles. The van der Waals surface area contributed by atoms with Crippen molar-refractivity contribution in [2.75, 3.05) is 6.54 Å². The molecule has 24 heavy (non-hydrogen) atoms. The third-order valence-corrected chi connectivity index (χ3v) is 4.03. The third-order valence-electron chi connectivity index (χ3n) is 4.03. The quantitative estimate of drug-likeness (QED) is 0.696. The highest BCUT2D eigenvalue weighted by Gasteiger charge is 2.13. The lowest BCUT2D eigenvalue weighted by Gasteiger charge is -2.18. The summed E-state index contributed by atoms with van der Waals surface area (Å²) in [6.07, 6.45) is 0.826. The van der Waals surface area contributed by atoms with E-state index in [2.05, 4.69) is 5.32 Å². The number of hydrogen-bond acceptors (Lipinski definition) is 3. The number of halogens is 1. The number of hydrogen-bond donors (Lipinski definition) is 3. The number of aliphatic hydroxyl groups excluding tert-OH is 1. The van der Waals surface area contributed by atoms with Gasteiger partial charge in [-0.25, -0.2) is 4.39 Å². The molecule has 0 bridgehead atoms. The van der Waals surface area contributed by atoms with E-state index in [4.69, 9.17) is 5.73 Å². The molecule has 0 aromatic heterocycles. The van der Waals surface area contributed by atoms with Crippen molar-refractivity contribution < 1.29 is 14.3 Å². The molecule has 0 fully saturated rings. The van der Waals surface area contributed by atoms with E-state index in [1.807, 2.05) is 19.1 Å².